The molecule has 6 fully saturated rings. The van der Waals surface area contributed by atoms with E-state index in [2.05, 4.69) is 73.4 Å². The van der Waals surface area contributed by atoms with Gasteiger partial charge in [-0.3, -0.25) is 0 Å². The Bertz CT molecular complexity index is 472. The van der Waals surface area contributed by atoms with Crippen LogP contribution in [0.25, 0.3) is 31.9 Å². The quantitative estimate of drug-likeness (QED) is 0.382. The Morgan fingerprint density at radius 1 is 0.484 bits per heavy atom. The van der Waals surface area contributed by atoms with Gasteiger partial charge in [0.25, 0.3) is 0 Å². The van der Waals surface area contributed by atoms with Crippen LogP contribution in [-0.2, 0) is 25.8 Å². The third kappa shape index (κ3) is 6.83. The van der Waals surface area contributed by atoms with Crippen molar-refractivity contribution in [2.24, 2.45) is 17.8 Å². The average Bonchev–Trinajstić information content (AvgIpc) is 3.37. The van der Waals surface area contributed by atoms with E-state index in [1.165, 1.54) is 38.5 Å². The van der Waals surface area contributed by atoms with E-state index in [0.29, 0.717) is 18.5 Å². The molecule has 0 aromatic carbocycles. The molecule has 6 atom stereocenters. The van der Waals surface area contributed by atoms with Crippen LogP contribution in [0, 0.1) is 17.8 Å². The minimum absolute atomic E-state index is 0. The fourth-order valence-corrected chi connectivity index (χ4v) is 6.23. The van der Waals surface area contributed by atoms with Crippen molar-refractivity contribution in [3.63, 3.8) is 0 Å². The summed E-state index contributed by atoms with van der Waals surface area (Å²) in [5.74, 6) is 2.36. The normalized spacial score (nSPS) is 42.4. The zero-order valence-corrected chi connectivity index (χ0v) is 22.4. The van der Waals surface area contributed by atoms with Crippen LogP contribution in [0.5, 0.6) is 0 Å². The summed E-state index contributed by atoms with van der Waals surface area (Å²) in [6.45, 7) is 16.4. The first-order valence-electron chi connectivity index (χ1n) is 12.2. The topological polar surface area (TPSA) is 84.6 Å². The van der Waals surface area contributed by atoms with Crippen molar-refractivity contribution in [1.29, 1.82) is 0 Å². The van der Waals surface area contributed by atoms with Crippen molar-refractivity contribution in [3.8, 4) is 0 Å². The molecule has 0 saturated carbocycles. The van der Waals surface area contributed by atoms with E-state index in [1.807, 2.05) is 0 Å². The van der Waals surface area contributed by atoms with Crippen molar-refractivity contribution < 1.29 is 25.8 Å². The third-order valence-electron chi connectivity index (χ3n) is 7.44. The van der Waals surface area contributed by atoms with Crippen LogP contribution in [-0.4, -0.2) is 54.7 Å². The second-order valence-electron chi connectivity index (χ2n) is 12.0. The van der Waals surface area contributed by atoms with Gasteiger partial charge in [-0.25, -0.2) is 18.5 Å². The minimum Gasteiger partial charge on any atom is -0.678 e. The molecule has 0 aromatic heterocycles. The van der Waals surface area contributed by atoms with Crippen LogP contribution in [0.4, 0.5) is 0 Å². The standard InChI is InChI=1S/3C8H14N2.Sc/c3*1-8(2)5-6-3-4-9-7(6)10-8;/h3*6-7H,3-5H2,1-2H3;/q3*-2;. The van der Waals surface area contributed by atoms with Gasteiger partial charge in [0.1, 0.15) is 0 Å². The Hall–Kier alpha value is 0.630. The van der Waals surface area contributed by atoms with Gasteiger partial charge >= 0.3 is 0 Å². The van der Waals surface area contributed by atoms with Gasteiger partial charge in [-0.05, 0) is 0 Å². The fraction of sp³-hybridized carbons (Fsp3) is 1.00. The van der Waals surface area contributed by atoms with Crippen molar-refractivity contribution in [1.82, 2.24) is 0 Å². The average molecular weight is 460 g/mol. The summed E-state index contributed by atoms with van der Waals surface area (Å²) in [5, 5.41) is 27.1. The number of hydrogen-bond donors (Lipinski definition) is 0. The summed E-state index contributed by atoms with van der Waals surface area (Å²) in [5.41, 5.74) is 0.664. The number of rotatable bonds is 0. The second-order valence-corrected chi connectivity index (χ2v) is 12.0. The molecule has 0 spiro atoms. The molecular weight excluding hydrogens is 417 g/mol. The Labute approximate surface area is 209 Å². The summed E-state index contributed by atoms with van der Waals surface area (Å²) < 4.78 is 0. The van der Waals surface area contributed by atoms with Gasteiger partial charge in [0.2, 0.25) is 0 Å². The summed E-state index contributed by atoms with van der Waals surface area (Å²) >= 11 is 0. The Morgan fingerprint density at radius 3 is 0.968 bits per heavy atom. The molecule has 0 aliphatic carbocycles. The molecular formula is C24H42N6Sc-6. The summed E-state index contributed by atoms with van der Waals surface area (Å²) in [6.07, 6.45) is 8.69. The Balaban J connectivity index is 0.000000130. The van der Waals surface area contributed by atoms with Gasteiger partial charge < -0.3 is 31.9 Å². The van der Waals surface area contributed by atoms with E-state index in [4.69, 9.17) is 0 Å². The molecule has 6 saturated heterocycles. The molecule has 7 heteroatoms. The molecule has 6 unspecified atom stereocenters. The summed E-state index contributed by atoms with van der Waals surface area (Å²) in [6, 6.07) is 0. The molecule has 6 rings (SSSR count). The van der Waals surface area contributed by atoms with E-state index >= 15 is 0 Å². The van der Waals surface area contributed by atoms with Crippen LogP contribution >= 0.6 is 0 Å². The fourth-order valence-electron chi connectivity index (χ4n) is 6.23. The van der Waals surface area contributed by atoms with Gasteiger partial charge in [0.15, 0.2) is 0 Å². The van der Waals surface area contributed by atoms with Crippen molar-refractivity contribution in [2.45, 2.75) is 115 Å². The largest absolute Gasteiger partial charge is 0.678 e. The van der Waals surface area contributed by atoms with E-state index in [9.17, 15) is 0 Å². The van der Waals surface area contributed by atoms with E-state index in [-0.39, 0.29) is 42.5 Å². The first-order valence-corrected chi connectivity index (χ1v) is 12.2. The molecule has 0 N–H and O–H groups in total. The zero-order chi connectivity index (χ0) is 21.6. The zero-order valence-electron chi connectivity index (χ0n) is 20.6. The van der Waals surface area contributed by atoms with Crippen molar-refractivity contribution >= 4 is 0 Å². The summed E-state index contributed by atoms with van der Waals surface area (Å²) in [4.78, 5) is 0. The van der Waals surface area contributed by atoms with E-state index in [1.54, 1.807) is 0 Å². The molecule has 177 valence electrons. The Kier molecular flexibility index (Phi) is 8.54. The number of nitrogens with zero attached hydrogens (tertiary/aromatic N) is 6. The van der Waals surface area contributed by atoms with Crippen LogP contribution in [0.15, 0.2) is 0 Å². The number of hydrogen-bond acceptors (Lipinski definition) is 0. The predicted octanol–water partition coefficient (Wildman–Crippen LogP) is 6.78. The third-order valence-corrected chi connectivity index (χ3v) is 7.44. The maximum Gasteiger partial charge on any atom is 0 e. The van der Waals surface area contributed by atoms with E-state index in [0.717, 1.165) is 37.4 Å². The van der Waals surface area contributed by atoms with Gasteiger partial charge in [0, 0.05) is 25.8 Å². The molecule has 6 aliphatic heterocycles. The smallest absolute Gasteiger partial charge is 0 e. The van der Waals surface area contributed by atoms with Crippen LogP contribution < -0.4 is 0 Å². The first kappa shape index (κ1) is 26.2. The Morgan fingerprint density at radius 2 is 0.742 bits per heavy atom. The number of fused-ring (bicyclic) bond motifs is 3. The molecule has 6 heterocycles. The molecule has 0 amide bonds. The van der Waals surface area contributed by atoms with Crippen LogP contribution in [0.1, 0.15) is 80.1 Å². The van der Waals surface area contributed by atoms with Gasteiger partial charge in [0.05, 0.1) is 0 Å². The summed E-state index contributed by atoms with van der Waals surface area (Å²) in [7, 11) is 0. The first-order chi connectivity index (χ1) is 14.0. The molecule has 6 nitrogen and oxygen atoms in total. The van der Waals surface area contributed by atoms with Gasteiger partial charge in [-0.15, -0.1) is 36.3 Å². The molecule has 6 aliphatic rings. The second kappa shape index (κ2) is 10.1. The molecule has 31 heavy (non-hydrogen) atoms. The SMILES string of the molecule is CC1(C)CC2CC[N-]C2[N-]1.CC1(C)CC2CC[N-]C2[N-]1.CC1(C)CC2CC[N-]C2[N-]1.[Sc]. The monoisotopic (exact) mass is 459 g/mol. The van der Waals surface area contributed by atoms with Crippen molar-refractivity contribution in [2.75, 3.05) is 19.6 Å². The maximum absolute atomic E-state index is 4.62. The van der Waals surface area contributed by atoms with Gasteiger partial charge in [-0.1, -0.05) is 97.8 Å². The molecule has 0 aromatic rings. The predicted molar refractivity (Wildman–Crippen MR) is 127 cm³/mol. The van der Waals surface area contributed by atoms with Crippen LogP contribution in [0.2, 0.25) is 0 Å². The minimum atomic E-state index is 0. The van der Waals surface area contributed by atoms with Crippen molar-refractivity contribution in [3.05, 3.63) is 31.9 Å². The van der Waals surface area contributed by atoms with Gasteiger partial charge in [-0.2, -0.15) is 0 Å². The van der Waals surface area contributed by atoms with E-state index < -0.39 is 0 Å². The maximum atomic E-state index is 4.62. The molecule has 0 bridgehead atoms. The van der Waals surface area contributed by atoms with Crippen LogP contribution in [0.3, 0.4) is 0 Å². The molecule has 1 radical (unpaired) electrons.